The lowest BCUT2D eigenvalue weighted by Crippen LogP contribution is -2.12. The van der Waals surface area contributed by atoms with E-state index < -0.39 is 0 Å². The zero-order chi connectivity index (χ0) is 12.3. The second-order valence-corrected chi connectivity index (χ2v) is 3.88. The number of benzene rings is 2. The molecule has 17 heavy (non-hydrogen) atoms. The van der Waals surface area contributed by atoms with Crippen LogP contribution in [-0.2, 0) is 9.53 Å². The summed E-state index contributed by atoms with van der Waals surface area (Å²) in [4.78, 5) is 10.9. The van der Waals surface area contributed by atoms with Crippen LogP contribution in [0.25, 0.3) is 10.8 Å². The summed E-state index contributed by atoms with van der Waals surface area (Å²) in [5.74, 6) is 0.292. The van der Waals surface area contributed by atoms with Crippen molar-refractivity contribution < 1.29 is 14.3 Å². The Bertz CT molecular complexity index is 546. The molecule has 0 atom stereocenters. The molecule has 0 bridgehead atoms. The number of carbonyl (C=O) groups is 1. The SMILES string of the molecule is COC(=O)COc1ccc2cc(C)ccc2c1. The summed E-state index contributed by atoms with van der Waals surface area (Å²) < 4.78 is 9.83. The van der Waals surface area contributed by atoms with E-state index in [4.69, 9.17) is 4.74 Å². The topological polar surface area (TPSA) is 35.5 Å². The smallest absolute Gasteiger partial charge is 0.343 e. The van der Waals surface area contributed by atoms with E-state index in [2.05, 4.69) is 17.7 Å². The maximum Gasteiger partial charge on any atom is 0.343 e. The Morgan fingerprint density at radius 2 is 1.82 bits per heavy atom. The van der Waals surface area contributed by atoms with E-state index in [1.165, 1.54) is 12.7 Å². The number of aryl methyl sites for hydroxylation is 1. The number of hydrogen-bond acceptors (Lipinski definition) is 3. The second-order valence-electron chi connectivity index (χ2n) is 3.88. The minimum absolute atomic E-state index is 0.0616. The number of rotatable bonds is 3. The number of methoxy groups -OCH3 is 1. The molecule has 0 N–H and O–H groups in total. The molecule has 0 saturated heterocycles. The van der Waals surface area contributed by atoms with Crippen molar-refractivity contribution in [2.75, 3.05) is 13.7 Å². The minimum atomic E-state index is -0.381. The molecule has 0 amide bonds. The highest BCUT2D eigenvalue weighted by Gasteiger charge is 2.02. The maximum absolute atomic E-state index is 10.9. The van der Waals surface area contributed by atoms with Gasteiger partial charge in [-0.1, -0.05) is 29.8 Å². The number of ether oxygens (including phenoxy) is 2. The van der Waals surface area contributed by atoms with E-state index in [1.807, 2.05) is 30.3 Å². The number of fused-ring (bicyclic) bond motifs is 1. The third kappa shape index (κ3) is 2.75. The van der Waals surface area contributed by atoms with E-state index >= 15 is 0 Å². The van der Waals surface area contributed by atoms with Gasteiger partial charge in [-0.2, -0.15) is 0 Å². The van der Waals surface area contributed by atoms with Gasteiger partial charge in [-0.15, -0.1) is 0 Å². The van der Waals surface area contributed by atoms with Crippen molar-refractivity contribution in [1.82, 2.24) is 0 Å². The average Bonchev–Trinajstić information content (AvgIpc) is 2.35. The van der Waals surface area contributed by atoms with Crippen LogP contribution in [0.3, 0.4) is 0 Å². The first-order valence-corrected chi connectivity index (χ1v) is 5.39. The molecule has 3 nitrogen and oxygen atoms in total. The fourth-order valence-corrected chi connectivity index (χ4v) is 1.63. The number of hydrogen-bond donors (Lipinski definition) is 0. The molecular formula is C14H14O3. The van der Waals surface area contributed by atoms with E-state index in [-0.39, 0.29) is 12.6 Å². The Morgan fingerprint density at radius 3 is 2.59 bits per heavy atom. The van der Waals surface area contributed by atoms with Gasteiger partial charge in [0, 0.05) is 0 Å². The standard InChI is InChI=1S/C14H14O3/c1-10-3-4-12-8-13(6-5-11(12)7-10)17-9-14(15)16-2/h3-8H,9H2,1-2H3. The molecule has 0 fully saturated rings. The summed E-state index contributed by atoms with van der Waals surface area (Å²) in [6.45, 7) is 2.00. The van der Waals surface area contributed by atoms with E-state index in [0.717, 1.165) is 10.8 Å². The van der Waals surface area contributed by atoms with Gasteiger partial charge < -0.3 is 9.47 Å². The van der Waals surface area contributed by atoms with Gasteiger partial charge in [-0.05, 0) is 29.8 Å². The second kappa shape index (κ2) is 4.87. The Balaban J connectivity index is 2.20. The summed E-state index contributed by atoms with van der Waals surface area (Å²) in [5.41, 5.74) is 1.22. The zero-order valence-corrected chi connectivity index (χ0v) is 9.90. The average molecular weight is 230 g/mol. The van der Waals surface area contributed by atoms with Crippen LogP contribution in [0.5, 0.6) is 5.75 Å². The van der Waals surface area contributed by atoms with Crippen LogP contribution < -0.4 is 4.74 Å². The lowest BCUT2D eigenvalue weighted by molar-refractivity contribution is -0.142. The molecule has 3 heteroatoms. The van der Waals surface area contributed by atoms with Gasteiger partial charge in [0.05, 0.1) is 7.11 Å². The van der Waals surface area contributed by atoms with E-state index in [9.17, 15) is 4.79 Å². The summed E-state index contributed by atoms with van der Waals surface area (Å²) in [5, 5.41) is 2.26. The molecule has 2 rings (SSSR count). The molecule has 0 aliphatic heterocycles. The lowest BCUT2D eigenvalue weighted by atomic mass is 10.1. The van der Waals surface area contributed by atoms with E-state index in [1.54, 1.807) is 0 Å². The fourth-order valence-electron chi connectivity index (χ4n) is 1.63. The number of esters is 1. The highest BCUT2D eigenvalue weighted by Crippen LogP contribution is 2.21. The fraction of sp³-hybridized carbons (Fsp3) is 0.214. The molecule has 0 spiro atoms. The minimum Gasteiger partial charge on any atom is -0.482 e. The third-order valence-corrected chi connectivity index (χ3v) is 2.55. The van der Waals surface area contributed by atoms with Crippen LogP contribution in [0, 0.1) is 6.92 Å². The van der Waals surface area contributed by atoms with E-state index in [0.29, 0.717) is 5.75 Å². The van der Waals surface area contributed by atoms with Gasteiger partial charge in [0.15, 0.2) is 6.61 Å². The Hall–Kier alpha value is -2.03. The first kappa shape index (κ1) is 11.5. The Labute approximate surface area is 100.0 Å². The van der Waals surface area contributed by atoms with Crippen LogP contribution in [0.15, 0.2) is 36.4 Å². The van der Waals surface area contributed by atoms with Gasteiger partial charge in [0.1, 0.15) is 5.75 Å². The monoisotopic (exact) mass is 230 g/mol. The first-order chi connectivity index (χ1) is 8.19. The predicted octanol–water partition coefficient (Wildman–Crippen LogP) is 2.70. The Kier molecular flexibility index (Phi) is 3.28. The molecule has 2 aromatic carbocycles. The van der Waals surface area contributed by atoms with Crippen LogP contribution >= 0.6 is 0 Å². The van der Waals surface area contributed by atoms with Crippen molar-refractivity contribution in [1.29, 1.82) is 0 Å². The third-order valence-electron chi connectivity index (χ3n) is 2.55. The molecule has 88 valence electrons. The summed E-state index contributed by atoms with van der Waals surface area (Å²) in [7, 11) is 1.34. The lowest BCUT2D eigenvalue weighted by Gasteiger charge is -2.06. The van der Waals surface area contributed by atoms with Crippen molar-refractivity contribution >= 4 is 16.7 Å². The summed E-state index contributed by atoms with van der Waals surface area (Å²) >= 11 is 0. The van der Waals surface area contributed by atoms with Gasteiger partial charge >= 0.3 is 5.97 Å². The van der Waals surface area contributed by atoms with Gasteiger partial charge in [0.25, 0.3) is 0 Å². The Morgan fingerprint density at radius 1 is 1.12 bits per heavy atom. The molecule has 0 unspecified atom stereocenters. The quantitative estimate of drug-likeness (QED) is 0.760. The highest BCUT2D eigenvalue weighted by atomic mass is 16.6. The zero-order valence-electron chi connectivity index (χ0n) is 9.90. The summed E-state index contributed by atoms with van der Waals surface area (Å²) in [6, 6.07) is 11.9. The molecule has 0 aromatic heterocycles. The van der Waals surface area contributed by atoms with Crippen LogP contribution in [0.1, 0.15) is 5.56 Å². The molecule has 2 aromatic rings. The van der Waals surface area contributed by atoms with Gasteiger partial charge in [0.2, 0.25) is 0 Å². The van der Waals surface area contributed by atoms with Crippen LogP contribution in [0.4, 0.5) is 0 Å². The molecule has 0 aliphatic carbocycles. The predicted molar refractivity (Wildman–Crippen MR) is 66.2 cm³/mol. The number of carbonyl (C=O) groups excluding carboxylic acids is 1. The molecule has 0 heterocycles. The first-order valence-electron chi connectivity index (χ1n) is 5.39. The largest absolute Gasteiger partial charge is 0.482 e. The summed E-state index contributed by atoms with van der Waals surface area (Å²) in [6.07, 6.45) is 0. The van der Waals surface area contributed by atoms with Crippen molar-refractivity contribution in [3.8, 4) is 5.75 Å². The maximum atomic E-state index is 10.9. The molecule has 0 saturated carbocycles. The van der Waals surface area contributed by atoms with Crippen molar-refractivity contribution in [2.24, 2.45) is 0 Å². The van der Waals surface area contributed by atoms with Crippen LogP contribution in [0.2, 0.25) is 0 Å². The normalized spacial score (nSPS) is 10.2. The highest BCUT2D eigenvalue weighted by molar-refractivity contribution is 5.84. The van der Waals surface area contributed by atoms with Crippen LogP contribution in [-0.4, -0.2) is 19.7 Å². The van der Waals surface area contributed by atoms with Gasteiger partial charge in [-0.25, -0.2) is 4.79 Å². The van der Waals surface area contributed by atoms with Crippen molar-refractivity contribution in [3.63, 3.8) is 0 Å². The molecule has 0 aliphatic rings. The molecule has 0 radical (unpaired) electrons. The van der Waals surface area contributed by atoms with Gasteiger partial charge in [-0.3, -0.25) is 0 Å². The van der Waals surface area contributed by atoms with Crippen molar-refractivity contribution in [3.05, 3.63) is 42.0 Å². The molecular weight excluding hydrogens is 216 g/mol. The van der Waals surface area contributed by atoms with Crippen molar-refractivity contribution in [2.45, 2.75) is 6.92 Å².